The van der Waals surface area contributed by atoms with Gasteiger partial charge < -0.3 is 18.4 Å². The Morgan fingerprint density at radius 1 is 0.509 bits per heavy atom. The second-order valence-corrected chi connectivity index (χ2v) is 13.4. The summed E-state index contributed by atoms with van der Waals surface area (Å²) >= 11 is 0. The number of nitrogens with zero attached hydrogens (tertiary/aromatic N) is 1. The van der Waals surface area contributed by atoms with Crippen molar-refractivity contribution in [1.29, 1.82) is 0 Å². The molecule has 1 unspecified atom stereocenters. The van der Waals surface area contributed by atoms with Gasteiger partial charge in [-0.15, -0.1) is 0 Å². The summed E-state index contributed by atoms with van der Waals surface area (Å²) in [6.07, 6.45) is -5.69. The molecule has 14 heteroatoms. The molecule has 0 saturated heterocycles. The lowest BCUT2D eigenvalue weighted by atomic mass is 9.91. The van der Waals surface area contributed by atoms with Crippen molar-refractivity contribution in [2.24, 2.45) is 0 Å². The molecule has 0 saturated carbocycles. The molecule has 53 heavy (non-hydrogen) atoms. The molecule has 3 rings (SSSR count). The average Bonchev–Trinajstić information content (AvgIpc) is 3.10. The van der Waals surface area contributed by atoms with Crippen molar-refractivity contribution in [2.45, 2.75) is 116 Å². The summed E-state index contributed by atoms with van der Waals surface area (Å²) in [7, 11) is -1.82. The lowest BCUT2D eigenvalue weighted by Crippen LogP contribution is -2.53. The van der Waals surface area contributed by atoms with Gasteiger partial charge in [-0.3, -0.25) is 0 Å². The maximum Gasteiger partial charge on any atom is 0.864 e. The van der Waals surface area contributed by atoms with E-state index in [9.17, 15) is 39.5 Å². The molecule has 4 nitrogen and oxygen atoms in total. The Bertz CT molecular complexity index is 1430. The molecule has 0 spiro atoms. The summed E-state index contributed by atoms with van der Waals surface area (Å²) in [6, 6.07) is 9.97. The topological polar surface area (TPSA) is 27.7 Å². The first-order valence-corrected chi connectivity index (χ1v) is 18.4. The van der Waals surface area contributed by atoms with Crippen LogP contribution in [0.1, 0.15) is 120 Å². The monoisotopic (exact) mass is 762 g/mol. The SMILES string of the molecule is CCCCCC(c1cc(C(F)(F)F)ccc1OB(Oc1ccc(C(F)(F)F)cc1)Oc1ccc(C(F)(F)F)cc1)[N+](CCCC)(CCCC)CCCC. The van der Waals surface area contributed by atoms with Crippen LogP contribution < -0.4 is 14.0 Å². The van der Waals surface area contributed by atoms with Gasteiger partial charge in [-0.1, -0.05) is 59.8 Å². The second kappa shape index (κ2) is 19.7. The van der Waals surface area contributed by atoms with Crippen molar-refractivity contribution in [2.75, 3.05) is 19.6 Å². The van der Waals surface area contributed by atoms with E-state index in [1.165, 1.54) is 6.07 Å². The Morgan fingerprint density at radius 2 is 0.906 bits per heavy atom. The van der Waals surface area contributed by atoms with Crippen LogP contribution in [0, 0.1) is 0 Å². The fraction of sp³-hybridized carbons (Fsp3) is 0.538. The van der Waals surface area contributed by atoms with Gasteiger partial charge in [0.25, 0.3) is 0 Å². The Labute approximate surface area is 307 Å². The van der Waals surface area contributed by atoms with Gasteiger partial charge in [0.1, 0.15) is 23.3 Å². The van der Waals surface area contributed by atoms with Crippen molar-refractivity contribution < 1.29 is 58.0 Å². The first-order valence-electron chi connectivity index (χ1n) is 18.4. The largest absolute Gasteiger partial charge is 0.864 e. The molecule has 0 aliphatic rings. The molecule has 0 radical (unpaired) electrons. The minimum absolute atomic E-state index is 0.00955. The van der Waals surface area contributed by atoms with Crippen molar-refractivity contribution in [3.8, 4) is 17.2 Å². The minimum Gasteiger partial charge on any atom is -0.490 e. The van der Waals surface area contributed by atoms with Gasteiger partial charge in [-0.2, -0.15) is 39.5 Å². The van der Waals surface area contributed by atoms with Crippen LogP contribution in [-0.4, -0.2) is 31.4 Å². The number of benzene rings is 3. The molecular weight excluding hydrogens is 712 g/mol. The highest BCUT2D eigenvalue weighted by atomic mass is 19.4. The van der Waals surface area contributed by atoms with Crippen molar-refractivity contribution in [1.82, 2.24) is 0 Å². The lowest BCUT2D eigenvalue weighted by Gasteiger charge is -2.46. The summed E-state index contributed by atoms with van der Waals surface area (Å²) < 4.78 is 141. The summed E-state index contributed by atoms with van der Waals surface area (Å²) in [6.45, 7) is 10.5. The molecule has 0 fully saturated rings. The third kappa shape index (κ3) is 13.1. The van der Waals surface area contributed by atoms with Crippen LogP contribution in [0.2, 0.25) is 0 Å². The summed E-state index contributed by atoms with van der Waals surface area (Å²) in [5, 5.41) is 0. The van der Waals surface area contributed by atoms with Gasteiger partial charge in [0.2, 0.25) is 0 Å². The van der Waals surface area contributed by atoms with Crippen LogP contribution in [-0.2, 0) is 18.5 Å². The zero-order valence-corrected chi connectivity index (χ0v) is 30.8. The van der Waals surface area contributed by atoms with Crippen LogP contribution in [0.3, 0.4) is 0 Å². The Balaban J connectivity index is 2.22. The maximum atomic E-state index is 14.4. The number of unbranched alkanes of at least 4 members (excludes halogenated alkanes) is 5. The van der Waals surface area contributed by atoms with E-state index in [1.807, 2.05) is 6.92 Å². The van der Waals surface area contributed by atoms with E-state index in [1.54, 1.807) is 0 Å². The predicted octanol–water partition coefficient (Wildman–Crippen LogP) is 13.1. The first-order chi connectivity index (χ1) is 25.0. The Hall–Kier alpha value is -3.55. The zero-order chi connectivity index (χ0) is 39.3. The average molecular weight is 763 g/mol. The van der Waals surface area contributed by atoms with E-state index in [-0.39, 0.29) is 22.8 Å². The van der Waals surface area contributed by atoms with Gasteiger partial charge in [0.05, 0.1) is 41.9 Å². The highest BCUT2D eigenvalue weighted by Gasteiger charge is 2.42. The van der Waals surface area contributed by atoms with Crippen LogP contribution >= 0.6 is 0 Å². The van der Waals surface area contributed by atoms with E-state index in [2.05, 4.69) is 20.8 Å². The van der Waals surface area contributed by atoms with E-state index in [0.29, 0.717) is 10.9 Å². The minimum atomic E-state index is -4.68. The van der Waals surface area contributed by atoms with E-state index in [0.717, 1.165) is 138 Å². The Morgan fingerprint density at radius 3 is 1.28 bits per heavy atom. The van der Waals surface area contributed by atoms with Crippen LogP contribution in [0.5, 0.6) is 17.2 Å². The number of hydrogen-bond acceptors (Lipinski definition) is 3. The third-order valence-corrected chi connectivity index (χ3v) is 9.36. The molecule has 1 atom stereocenters. The van der Waals surface area contributed by atoms with Gasteiger partial charge in [0, 0.05) is 6.42 Å². The molecule has 0 aliphatic heterocycles. The van der Waals surface area contributed by atoms with Crippen molar-refractivity contribution in [3.63, 3.8) is 0 Å². The number of rotatable bonds is 21. The molecule has 0 aliphatic carbocycles. The highest BCUT2D eigenvalue weighted by molar-refractivity contribution is 6.39. The van der Waals surface area contributed by atoms with E-state index >= 15 is 0 Å². The molecule has 3 aromatic rings. The lowest BCUT2D eigenvalue weighted by molar-refractivity contribution is -0.958. The Kier molecular flexibility index (Phi) is 16.3. The van der Waals surface area contributed by atoms with Gasteiger partial charge in [-0.05, 0) is 92.4 Å². The van der Waals surface area contributed by atoms with E-state index < -0.39 is 48.6 Å². The maximum absolute atomic E-state index is 14.4. The molecule has 0 N–H and O–H groups in total. The smallest absolute Gasteiger partial charge is 0.490 e. The molecule has 0 aromatic heterocycles. The molecule has 0 bridgehead atoms. The molecule has 3 aromatic carbocycles. The zero-order valence-electron chi connectivity index (χ0n) is 30.8. The summed E-state index contributed by atoms with van der Waals surface area (Å²) in [5.74, 6) is -0.265. The first kappa shape index (κ1) is 43.9. The molecule has 0 heterocycles. The van der Waals surface area contributed by atoms with Gasteiger partial charge in [-0.25, -0.2) is 0 Å². The standard InChI is InChI=1S/C39H50BF9NO3/c1-5-9-13-14-35(50(25-10-6-2,26-11-7-3)27-12-8-4)34-28-31(39(47,48)49)19-24-36(34)53-40(51-32-20-15-29(16-21-32)37(41,42)43)52-33-22-17-30(18-23-33)38(44,45)46/h15-24,28,35H,5-14,25-27H2,1-4H3/q+1. The molecular formula is C39H50BF9NO3+. The number of quaternary nitrogens is 1. The molecule has 294 valence electrons. The number of hydrogen-bond donors (Lipinski definition) is 0. The van der Waals surface area contributed by atoms with Crippen molar-refractivity contribution in [3.05, 3.63) is 89.0 Å². The van der Waals surface area contributed by atoms with Crippen LogP contribution in [0.25, 0.3) is 0 Å². The van der Waals surface area contributed by atoms with Gasteiger partial charge >= 0.3 is 25.9 Å². The number of alkyl halides is 9. The molecule has 0 amide bonds. The van der Waals surface area contributed by atoms with Crippen molar-refractivity contribution >= 4 is 7.32 Å². The normalized spacial score (nSPS) is 13.2. The quantitative estimate of drug-likeness (QED) is 0.0468. The van der Waals surface area contributed by atoms with Gasteiger partial charge in [0.15, 0.2) is 0 Å². The number of halogens is 9. The predicted molar refractivity (Wildman–Crippen MR) is 188 cm³/mol. The van der Waals surface area contributed by atoms with E-state index in [4.69, 9.17) is 14.0 Å². The summed E-state index contributed by atoms with van der Waals surface area (Å²) in [4.78, 5) is 0. The second-order valence-electron chi connectivity index (χ2n) is 13.4. The fourth-order valence-corrected chi connectivity index (χ4v) is 6.47. The fourth-order valence-electron chi connectivity index (χ4n) is 6.47. The van der Waals surface area contributed by atoms with Crippen LogP contribution in [0.4, 0.5) is 39.5 Å². The summed E-state index contributed by atoms with van der Waals surface area (Å²) in [5.41, 5.74) is -2.49. The third-order valence-electron chi connectivity index (χ3n) is 9.36. The highest BCUT2D eigenvalue weighted by Crippen LogP contribution is 2.43. The van der Waals surface area contributed by atoms with Crippen LogP contribution in [0.15, 0.2) is 66.7 Å².